The summed E-state index contributed by atoms with van der Waals surface area (Å²) in [5, 5.41) is 2.93. The van der Waals surface area contributed by atoms with Crippen LogP contribution in [0.3, 0.4) is 0 Å². The Morgan fingerprint density at radius 3 is 2.63 bits per heavy atom. The van der Waals surface area contributed by atoms with Gasteiger partial charge in [0.15, 0.2) is 0 Å². The largest absolute Gasteiger partial charge is 0.497 e. The SMILES string of the molecule is COc1ccc(CNC(=O)[C@@H]2CC(=O)N(c3ccc4c(c3)CCN4C(C)=O)C2)cc1. The van der Waals surface area contributed by atoms with Crippen LogP contribution in [0.1, 0.15) is 24.5 Å². The van der Waals surface area contributed by atoms with E-state index < -0.39 is 0 Å². The first-order valence-corrected chi connectivity index (χ1v) is 10.1. The molecule has 2 aromatic rings. The van der Waals surface area contributed by atoms with Crippen molar-refractivity contribution in [2.75, 3.05) is 30.0 Å². The molecule has 0 aliphatic carbocycles. The molecule has 0 saturated carbocycles. The van der Waals surface area contributed by atoms with E-state index in [-0.39, 0.29) is 30.1 Å². The van der Waals surface area contributed by atoms with Crippen LogP contribution in [-0.2, 0) is 27.3 Å². The van der Waals surface area contributed by atoms with Crippen LogP contribution in [0.4, 0.5) is 11.4 Å². The third-order valence-corrected chi connectivity index (χ3v) is 5.77. The molecule has 2 aliphatic heterocycles. The number of anilines is 2. The van der Waals surface area contributed by atoms with Gasteiger partial charge in [-0.25, -0.2) is 0 Å². The Kier molecular flexibility index (Phi) is 5.44. The molecule has 1 saturated heterocycles. The number of methoxy groups -OCH3 is 1. The lowest BCUT2D eigenvalue weighted by Crippen LogP contribution is -2.32. The van der Waals surface area contributed by atoms with Crippen LogP contribution in [0.25, 0.3) is 0 Å². The number of ether oxygens (including phenoxy) is 1. The molecular weight excluding hydrogens is 382 g/mol. The molecule has 156 valence electrons. The molecule has 0 bridgehead atoms. The number of benzene rings is 2. The van der Waals surface area contributed by atoms with Crippen molar-refractivity contribution in [1.29, 1.82) is 0 Å². The minimum Gasteiger partial charge on any atom is -0.497 e. The molecule has 2 heterocycles. The summed E-state index contributed by atoms with van der Waals surface area (Å²) in [5.74, 6) is 0.236. The Bertz CT molecular complexity index is 986. The minimum atomic E-state index is -0.377. The summed E-state index contributed by atoms with van der Waals surface area (Å²) in [6.45, 7) is 3.00. The Hall–Kier alpha value is -3.35. The maximum atomic E-state index is 12.6. The van der Waals surface area contributed by atoms with Crippen molar-refractivity contribution in [2.45, 2.75) is 26.3 Å². The van der Waals surface area contributed by atoms with E-state index in [1.54, 1.807) is 23.8 Å². The summed E-state index contributed by atoms with van der Waals surface area (Å²) in [6.07, 6.45) is 0.974. The number of hydrogen-bond donors (Lipinski definition) is 1. The van der Waals surface area contributed by atoms with E-state index >= 15 is 0 Å². The van der Waals surface area contributed by atoms with Crippen LogP contribution in [0.5, 0.6) is 5.75 Å². The van der Waals surface area contributed by atoms with Crippen LogP contribution in [0.15, 0.2) is 42.5 Å². The molecule has 30 heavy (non-hydrogen) atoms. The highest BCUT2D eigenvalue weighted by Gasteiger charge is 2.35. The van der Waals surface area contributed by atoms with Crippen LogP contribution >= 0.6 is 0 Å². The Morgan fingerprint density at radius 1 is 1.17 bits per heavy atom. The molecule has 7 nitrogen and oxygen atoms in total. The monoisotopic (exact) mass is 407 g/mol. The summed E-state index contributed by atoms with van der Waals surface area (Å²) in [5.41, 5.74) is 3.73. The van der Waals surface area contributed by atoms with Crippen molar-refractivity contribution in [2.24, 2.45) is 5.92 Å². The molecule has 0 aromatic heterocycles. The molecule has 2 aromatic carbocycles. The zero-order chi connectivity index (χ0) is 21.3. The van der Waals surface area contributed by atoms with E-state index in [1.807, 2.05) is 42.5 Å². The van der Waals surface area contributed by atoms with E-state index in [0.29, 0.717) is 19.6 Å². The van der Waals surface area contributed by atoms with Gasteiger partial charge in [-0.15, -0.1) is 0 Å². The summed E-state index contributed by atoms with van der Waals surface area (Å²) in [7, 11) is 1.61. The molecule has 1 N–H and O–H groups in total. The fourth-order valence-corrected chi connectivity index (χ4v) is 4.09. The third kappa shape index (κ3) is 3.87. The number of nitrogens with one attached hydrogen (secondary N) is 1. The van der Waals surface area contributed by atoms with Gasteiger partial charge in [-0.3, -0.25) is 14.4 Å². The second-order valence-electron chi connectivity index (χ2n) is 7.70. The van der Waals surface area contributed by atoms with Crippen molar-refractivity contribution in [1.82, 2.24) is 5.32 Å². The normalized spacial score (nSPS) is 17.8. The number of rotatable bonds is 5. The second-order valence-corrected chi connectivity index (χ2v) is 7.70. The molecule has 0 spiro atoms. The van der Waals surface area contributed by atoms with Crippen LogP contribution in [-0.4, -0.2) is 37.9 Å². The Labute approximate surface area is 175 Å². The fraction of sp³-hybridized carbons (Fsp3) is 0.348. The topological polar surface area (TPSA) is 79.0 Å². The Morgan fingerprint density at radius 2 is 1.93 bits per heavy atom. The lowest BCUT2D eigenvalue weighted by molar-refractivity contribution is -0.126. The van der Waals surface area contributed by atoms with Gasteiger partial charge in [-0.05, 0) is 47.9 Å². The quantitative estimate of drug-likeness (QED) is 0.825. The Balaban J connectivity index is 1.39. The van der Waals surface area contributed by atoms with E-state index in [1.165, 1.54) is 0 Å². The predicted octanol–water partition coefficient (Wildman–Crippen LogP) is 2.27. The summed E-state index contributed by atoms with van der Waals surface area (Å²) >= 11 is 0. The van der Waals surface area contributed by atoms with Gasteiger partial charge in [0, 0.05) is 44.4 Å². The number of hydrogen-bond acceptors (Lipinski definition) is 4. The van der Waals surface area contributed by atoms with E-state index in [4.69, 9.17) is 4.74 Å². The summed E-state index contributed by atoms with van der Waals surface area (Å²) < 4.78 is 5.14. The number of carbonyl (C=O) groups is 3. The number of fused-ring (bicyclic) bond motifs is 1. The first kappa shape index (κ1) is 19.9. The van der Waals surface area contributed by atoms with Crippen LogP contribution in [0.2, 0.25) is 0 Å². The highest BCUT2D eigenvalue weighted by atomic mass is 16.5. The van der Waals surface area contributed by atoms with Gasteiger partial charge in [0.1, 0.15) is 5.75 Å². The second kappa shape index (κ2) is 8.18. The molecule has 3 amide bonds. The molecule has 7 heteroatoms. The summed E-state index contributed by atoms with van der Waals surface area (Å²) in [6, 6.07) is 13.2. The van der Waals surface area contributed by atoms with Crippen molar-refractivity contribution in [3.63, 3.8) is 0 Å². The van der Waals surface area contributed by atoms with Crippen molar-refractivity contribution in [3.8, 4) is 5.75 Å². The molecule has 0 radical (unpaired) electrons. The van der Waals surface area contributed by atoms with E-state index in [0.717, 1.165) is 34.7 Å². The van der Waals surface area contributed by atoms with E-state index in [2.05, 4.69) is 5.32 Å². The van der Waals surface area contributed by atoms with Gasteiger partial charge in [-0.1, -0.05) is 12.1 Å². The van der Waals surface area contributed by atoms with Gasteiger partial charge < -0.3 is 19.9 Å². The van der Waals surface area contributed by atoms with Gasteiger partial charge in [0.05, 0.1) is 13.0 Å². The maximum absolute atomic E-state index is 12.6. The zero-order valence-electron chi connectivity index (χ0n) is 17.2. The fourth-order valence-electron chi connectivity index (χ4n) is 4.09. The smallest absolute Gasteiger partial charge is 0.227 e. The first-order valence-electron chi connectivity index (χ1n) is 10.1. The average Bonchev–Trinajstić information content (AvgIpc) is 3.35. The van der Waals surface area contributed by atoms with Crippen molar-refractivity contribution >= 4 is 29.1 Å². The van der Waals surface area contributed by atoms with Crippen molar-refractivity contribution in [3.05, 3.63) is 53.6 Å². The molecule has 4 rings (SSSR count). The average molecular weight is 407 g/mol. The highest BCUT2D eigenvalue weighted by Crippen LogP contribution is 2.34. The van der Waals surface area contributed by atoms with Crippen LogP contribution in [0, 0.1) is 5.92 Å². The van der Waals surface area contributed by atoms with Gasteiger partial charge >= 0.3 is 0 Å². The number of amides is 3. The minimum absolute atomic E-state index is 0.0207. The first-order chi connectivity index (χ1) is 14.5. The lowest BCUT2D eigenvalue weighted by Gasteiger charge is -2.19. The maximum Gasteiger partial charge on any atom is 0.227 e. The molecule has 1 fully saturated rings. The predicted molar refractivity (Wildman–Crippen MR) is 113 cm³/mol. The third-order valence-electron chi connectivity index (χ3n) is 5.77. The summed E-state index contributed by atoms with van der Waals surface area (Å²) in [4.78, 5) is 40.3. The number of carbonyl (C=O) groups excluding carboxylic acids is 3. The highest BCUT2D eigenvalue weighted by molar-refractivity contribution is 6.01. The molecular formula is C23H25N3O4. The van der Waals surface area contributed by atoms with Crippen molar-refractivity contribution < 1.29 is 19.1 Å². The lowest BCUT2D eigenvalue weighted by atomic mass is 10.1. The standard InChI is InChI=1S/C23H25N3O4/c1-15(27)25-10-9-17-11-19(5-8-21(17)25)26-14-18(12-22(26)28)23(29)24-13-16-3-6-20(30-2)7-4-16/h3-8,11,18H,9-10,12-14H2,1-2H3,(H,24,29)/t18-/m1/s1. The van der Waals surface area contributed by atoms with Gasteiger partial charge in [0.25, 0.3) is 0 Å². The van der Waals surface area contributed by atoms with E-state index in [9.17, 15) is 14.4 Å². The number of nitrogens with zero attached hydrogens (tertiary/aromatic N) is 2. The molecule has 0 unspecified atom stereocenters. The van der Waals surface area contributed by atoms with Gasteiger partial charge in [0.2, 0.25) is 17.7 Å². The molecule has 2 aliphatic rings. The molecule has 1 atom stereocenters. The van der Waals surface area contributed by atoms with Gasteiger partial charge in [-0.2, -0.15) is 0 Å². The van der Waals surface area contributed by atoms with Crippen LogP contribution < -0.4 is 19.9 Å². The zero-order valence-corrected chi connectivity index (χ0v) is 17.2.